The molecule has 1 aromatic rings. The van der Waals surface area contributed by atoms with Gasteiger partial charge in [0, 0.05) is 6.61 Å². The van der Waals surface area contributed by atoms with Crippen molar-refractivity contribution in [3.05, 3.63) is 22.4 Å². The lowest BCUT2D eigenvalue weighted by molar-refractivity contribution is -0.161. The summed E-state index contributed by atoms with van der Waals surface area (Å²) in [7, 11) is 0. The van der Waals surface area contributed by atoms with Gasteiger partial charge in [-0.05, 0) is 48.1 Å². The molecule has 1 aromatic heterocycles. The van der Waals surface area contributed by atoms with Crippen molar-refractivity contribution in [3.8, 4) is 0 Å². The van der Waals surface area contributed by atoms with Crippen LogP contribution in [0.15, 0.2) is 16.8 Å². The van der Waals surface area contributed by atoms with E-state index >= 15 is 0 Å². The molecule has 14 heavy (non-hydrogen) atoms. The first-order chi connectivity index (χ1) is 6.95. The minimum Gasteiger partial charge on any atom is -0.353 e. The van der Waals surface area contributed by atoms with E-state index in [1.54, 1.807) is 11.3 Å². The molecule has 0 amide bonds. The van der Waals surface area contributed by atoms with Crippen molar-refractivity contribution in [1.29, 1.82) is 0 Å². The van der Waals surface area contributed by atoms with Crippen LogP contribution < -0.4 is 0 Å². The van der Waals surface area contributed by atoms with Crippen LogP contribution in [0.2, 0.25) is 0 Å². The first kappa shape index (κ1) is 10.1. The fourth-order valence-electron chi connectivity index (χ4n) is 1.59. The molecule has 0 saturated carbocycles. The summed E-state index contributed by atoms with van der Waals surface area (Å²) < 4.78 is 11.1. The van der Waals surface area contributed by atoms with Crippen molar-refractivity contribution in [2.45, 2.75) is 32.0 Å². The zero-order valence-corrected chi connectivity index (χ0v) is 9.09. The van der Waals surface area contributed by atoms with Gasteiger partial charge in [0.1, 0.15) is 0 Å². The highest BCUT2D eigenvalue weighted by Gasteiger charge is 2.13. The molecule has 2 rings (SSSR count). The molecule has 0 bridgehead atoms. The van der Waals surface area contributed by atoms with E-state index in [1.807, 2.05) is 0 Å². The van der Waals surface area contributed by atoms with Crippen molar-refractivity contribution in [3.63, 3.8) is 0 Å². The van der Waals surface area contributed by atoms with Gasteiger partial charge in [0.2, 0.25) is 0 Å². The summed E-state index contributed by atoms with van der Waals surface area (Å²) in [5.41, 5.74) is 1.37. The third-order valence-electron chi connectivity index (χ3n) is 2.41. The lowest BCUT2D eigenvalue weighted by atomic mass is 10.2. The Morgan fingerprint density at radius 2 is 2.50 bits per heavy atom. The average molecular weight is 212 g/mol. The maximum Gasteiger partial charge on any atom is 0.157 e. The first-order valence-electron chi connectivity index (χ1n) is 5.19. The Bertz CT molecular complexity index is 240. The lowest BCUT2D eigenvalue weighted by Crippen LogP contribution is -2.23. The number of thiophene rings is 1. The highest BCUT2D eigenvalue weighted by atomic mass is 32.1. The van der Waals surface area contributed by atoms with Gasteiger partial charge in [-0.15, -0.1) is 0 Å². The van der Waals surface area contributed by atoms with Crippen molar-refractivity contribution < 1.29 is 9.47 Å². The first-order valence-corrected chi connectivity index (χ1v) is 6.14. The number of rotatable bonds is 4. The van der Waals surface area contributed by atoms with Crippen LogP contribution >= 0.6 is 11.3 Å². The summed E-state index contributed by atoms with van der Waals surface area (Å²) in [5, 5.41) is 4.28. The zero-order valence-electron chi connectivity index (χ0n) is 8.28. The van der Waals surface area contributed by atoms with Crippen LogP contribution in [0.3, 0.4) is 0 Å². The van der Waals surface area contributed by atoms with Gasteiger partial charge in [-0.1, -0.05) is 0 Å². The predicted octanol–water partition coefficient (Wildman–Crippen LogP) is 2.83. The highest BCUT2D eigenvalue weighted by Crippen LogP contribution is 2.14. The summed E-state index contributed by atoms with van der Waals surface area (Å²) >= 11 is 1.74. The minimum absolute atomic E-state index is 0.0578. The monoisotopic (exact) mass is 212 g/mol. The van der Waals surface area contributed by atoms with Crippen LogP contribution in [-0.4, -0.2) is 19.5 Å². The van der Waals surface area contributed by atoms with E-state index in [0.717, 1.165) is 26.1 Å². The van der Waals surface area contributed by atoms with E-state index in [1.165, 1.54) is 18.4 Å². The van der Waals surface area contributed by atoms with Gasteiger partial charge in [0.15, 0.2) is 6.29 Å². The Labute approximate surface area is 88.8 Å². The SMILES string of the molecule is c1cc(CCO[C@@H]2CCCCO2)cs1. The normalized spacial score (nSPS) is 22.4. The van der Waals surface area contributed by atoms with Gasteiger partial charge in [-0.2, -0.15) is 11.3 Å². The highest BCUT2D eigenvalue weighted by molar-refractivity contribution is 7.07. The molecule has 1 atom stereocenters. The Morgan fingerprint density at radius 3 is 3.21 bits per heavy atom. The standard InChI is InChI=1S/C11H16O2S/c1-2-6-12-11(3-1)13-7-4-10-5-8-14-9-10/h5,8-9,11H,1-4,6-7H2/t11-/m1/s1. The molecule has 0 radical (unpaired) electrons. The Hall–Kier alpha value is -0.380. The molecule has 0 aliphatic carbocycles. The van der Waals surface area contributed by atoms with Gasteiger partial charge in [-0.3, -0.25) is 0 Å². The van der Waals surface area contributed by atoms with Crippen molar-refractivity contribution >= 4 is 11.3 Å². The molecule has 2 heterocycles. The maximum atomic E-state index is 5.64. The van der Waals surface area contributed by atoms with Gasteiger partial charge >= 0.3 is 0 Å². The van der Waals surface area contributed by atoms with E-state index in [2.05, 4.69) is 16.8 Å². The fraction of sp³-hybridized carbons (Fsp3) is 0.636. The van der Waals surface area contributed by atoms with E-state index in [-0.39, 0.29) is 6.29 Å². The largest absolute Gasteiger partial charge is 0.353 e. The van der Waals surface area contributed by atoms with Crippen LogP contribution in [-0.2, 0) is 15.9 Å². The molecule has 0 N–H and O–H groups in total. The van der Waals surface area contributed by atoms with Crippen LogP contribution in [0.5, 0.6) is 0 Å². The van der Waals surface area contributed by atoms with Crippen LogP contribution in [0.1, 0.15) is 24.8 Å². The molecule has 78 valence electrons. The molecule has 1 aliphatic heterocycles. The quantitative estimate of drug-likeness (QED) is 0.764. The van der Waals surface area contributed by atoms with Crippen molar-refractivity contribution in [1.82, 2.24) is 0 Å². The smallest absolute Gasteiger partial charge is 0.157 e. The topological polar surface area (TPSA) is 18.5 Å². The molecule has 0 aromatic carbocycles. The minimum atomic E-state index is 0.0578. The molecular weight excluding hydrogens is 196 g/mol. The van der Waals surface area contributed by atoms with Crippen LogP contribution in [0.4, 0.5) is 0 Å². The Morgan fingerprint density at radius 1 is 1.50 bits per heavy atom. The lowest BCUT2D eigenvalue weighted by Gasteiger charge is -2.22. The predicted molar refractivity (Wildman–Crippen MR) is 57.6 cm³/mol. The van der Waals surface area contributed by atoms with E-state index < -0.39 is 0 Å². The molecule has 1 aliphatic rings. The maximum absolute atomic E-state index is 5.64. The van der Waals surface area contributed by atoms with E-state index in [4.69, 9.17) is 9.47 Å². The third-order valence-corrected chi connectivity index (χ3v) is 3.14. The molecule has 1 fully saturated rings. The number of hydrogen-bond donors (Lipinski definition) is 0. The summed E-state index contributed by atoms with van der Waals surface area (Å²) in [6.45, 7) is 1.64. The molecule has 3 heteroatoms. The summed E-state index contributed by atoms with van der Waals surface area (Å²) in [5.74, 6) is 0. The summed E-state index contributed by atoms with van der Waals surface area (Å²) in [6.07, 6.45) is 4.54. The fourth-order valence-corrected chi connectivity index (χ4v) is 2.29. The second-order valence-electron chi connectivity index (χ2n) is 3.55. The molecule has 0 unspecified atom stereocenters. The molecule has 0 spiro atoms. The molecule has 2 nitrogen and oxygen atoms in total. The second-order valence-corrected chi connectivity index (χ2v) is 4.33. The second kappa shape index (κ2) is 5.49. The van der Waals surface area contributed by atoms with Gasteiger partial charge in [-0.25, -0.2) is 0 Å². The number of hydrogen-bond acceptors (Lipinski definition) is 3. The van der Waals surface area contributed by atoms with Crippen molar-refractivity contribution in [2.24, 2.45) is 0 Å². The number of ether oxygens (including phenoxy) is 2. The summed E-state index contributed by atoms with van der Waals surface area (Å²) in [4.78, 5) is 0. The van der Waals surface area contributed by atoms with Crippen LogP contribution in [0.25, 0.3) is 0 Å². The van der Waals surface area contributed by atoms with Gasteiger partial charge in [0.05, 0.1) is 6.61 Å². The van der Waals surface area contributed by atoms with E-state index in [0.29, 0.717) is 0 Å². The van der Waals surface area contributed by atoms with Gasteiger partial charge < -0.3 is 9.47 Å². The molecule has 1 saturated heterocycles. The van der Waals surface area contributed by atoms with Gasteiger partial charge in [0.25, 0.3) is 0 Å². The van der Waals surface area contributed by atoms with Crippen molar-refractivity contribution in [2.75, 3.05) is 13.2 Å². The average Bonchev–Trinajstić information content (AvgIpc) is 2.72. The Kier molecular flexibility index (Phi) is 3.98. The zero-order chi connectivity index (χ0) is 9.64. The van der Waals surface area contributed by atoms with E-state index in [9.17, 15) is 0 Å². The molecular formula is C11H16O2S. The Balaban J connectivity index is 1.62. The third kappa shape index (κ3) is 3.08. The van der Waals surface area contributed by atoms with Crippen LogP contribution in [0, 0.1) is 0 Å². The summed E-state index contributed by atoms with van der Waals surface area (Å²) in [6, 6.07) is 2.15.